The second-order valence-corrected chi connectivity index (χ2v) is 5.73. The quantitative estimate of drug-likeness (QED) is 0.860. The van der Waals surface area contributed by atoms with Crippen LogP contribution in [0.3, 0.4) is 0 Å². The predicted molar refractivity (Wildman–Crippen MR) is 83.1 cm³/mol. The van der Waals surface area contributed by atoms with Gasteiger partial charge in [-0.1, -0.05) is 0 Å². The van der Waals surface area contributed by atoms with Crippen molar-refractivity contribution in [2.45, 2.75) is 19.8 Å². The fourth-order valence-electron chi connectivity index (χ4n) is 3.14. The van der Waals surface area contributed by atoms with Crippen LogP contribution in [0.1, 0.15) is 19.8 Å². The van der Waals surface area contributed by atoms with Crippen molar-refractivity contribution in [3.63, 3.8) is 0 Å². The number of benzene rings is 1. The van der Waals surface area contributed by atoms with Gasteiger partial charge in [-0.05, 0) is 37.8 Å². The van der Waals surface area contributed by atoms with Crippen molar-refractivity contribution in [1.82, 2.24) is 4.98 Å². The normalized spacial score (nSPS) is 18.9. The predicted octanol–water partition coefficient (Wildman–Crippen LogP) is 3.77. The topological polar surface area (TPSA) is 25.4 Å². The summed E-state index contributed by atoms with van der Waals surface area (Å²) >= 11 is 0. The van der Waals surface area contributed by atoms with Crippen molar-refractivity contribution in [2.24, 2.45) is 5.92 Å². The Morgan fingerprint density at radius 1 is 1.36 bits per heavy atom. The van der Waals surface area contributed by atoms with Crippen LogP contribution in [0.15, 0.2) is 24.4 Å². The van der Waals surface area contributed by atoms with E-state index in [2.05, 4.69) is 9.88 Å². The Hall–Kier alpha value is -1.75. The molecule has 1 aromatic heterocycles. The zero-order valence-electron chi connectivity index (χ0n) is 12.7. The molecule has 0 amide bonds. The lowest BCUT2D eigenvalue weighted by Crippen LogP contribution is -2.37. The molecule has 2 aromatic rings. The highest BCUT2D eigenvalue weighted by Gasteiger charge is 2.22. The summed E-state index contributed by atoms with van der Waals surface area (Å²) in [4.78, 5) is 6.24. The molecule has 3 nitrogen and oxygen atoms in total. The van der Waals surface area contributed by atoms with E-state index in [0.29, 0.717) is 17.9 Å². The Morgan fingerprint density at radius 2 is 2.23 bits per heavy atom. The SMILES string of the molecule is CCOCC1CCCN(c2ccnc3c(F)cc(F)cc23)C1. The summed E-state index contributed by atoms with van der Waals surface area (Å²) < 4.78 is 33.0. The minimum absolute atomic E-state index is 0.228. The van der Waals surface area contributed by atoms with Crippen molar-refractivity contribution in [1.29, 1.82) is 0 Å². The fourth-order valence-corrected chi connectivity index (χ4v) is 3.14. The molecule has 3 rings (SSSR count). The number of fused-ring (bicyclic) bond motifs is 1. The molecule has 0 saturated carbocycles. The van der Waals surface area contributed by atoms with Crippen molar-refractivity contribution >= 4 is 16.6 Å². The molecule has 1 atom stereocenters. The standard InChI is InChI=1S/C17H20F2N2O/c1-2-22-11-12-4-3-7-21(10-12)16-5-6-20-17-14(16)8-13(18)9-15(17)19/h5-6,8-9,12H,2-4,7,10-11H2,1H3. The average molecular weight is 306 g/mol. The third kappa shape index (κ3) is 3.04. The molecule has 0 bridgehead atoms. The Morgan fingerprint density at radius 3 is 3.05 bits per heavy atom. The van der Waals surface area contributed by atoms with Crippen LogP contribution in [0.5, 0.6) is 0 Å². The Labute approximate surface area is 128 Å². The van der Waals surface area contributed by atoms with Crippen LogP contribution in [0.25, 0.3) is 10.9 Å². The van der Waals surface area contributed by atoms with E-state index >= 15 is 0 Å². The number of aromatic nitrogens is 1. The van der Waals surface area contributed by atoms with E-state index in [1.54, 1.807) is 6.20 Å². The maximum absolute atomic E-state index is 13.9. The molecule has 1 unspecified atom stereocenters. The highest BCUT2D eigenvalue weighted by molar-refractivity contribution is 5.92. The molecule has 0 spiro atoms. The smallest absolute Gasteiger partial charge is 0.152 e. The van der Waals surface area contributed by atoms with Gasteiger partial charge >= 0.3 is 0 Å². The zero-order chi connectivity index (χ0) is 15.5. The van der Waals surface area contributed by atoms with Gasteiger partial charge in [-0.25, -0.2) is 8.78 Å². The molecule has 0 aliphatic carbocycles. The van der Waals surface area contributed by atoms with Gasteiger partial charge in [-0.3, -0.25) is 4.98 Å². The third-order valence-electron chi connectivity index (χ3n) is 4.16. The average Bonchev–Trinajstić information content (AvgIpc) is 2.52. The van der Waals surface area contributed by atoms with Crippen LogP contribution in [0.4, 0.5) is 14.5 Å². The van der Waals surface area contributed by atoms with Crippen LogP contribution < -0.4 is 4.90 Å². The zero-order valence-corrected chi connectivity index (χ0v) is 12.7. The molecule has 1 aromatic carbocycles. The number of pyridine rings is 1. The molecule has 2 heterocycles. The number of anilines is 1. The van der Waals surface area contributed by atoms with Gasteiger partial charge in [0.25, 0.3) is 0 Å². The number of rotatable bonds is 4. The van der Waals surface area contributed by atoms with Crippen molar-refractivity contribution in [2.75, 3.05) is 31.2 Å². The lowest BCUT2D eigenvalue weighted by molar-refractivity contribution is 0.104. The number of ether oxygens (including phenoxy) is 1. The lowest BCUT2D eigenvalue weighted by atomic mass is 9.98. The minimum Gasteiger partial charge on any atom is -0.381 e. The van der Waals surface area contributed by atoms with Crippen molar-refractivity contribution in [3.8, 4) is 0 Å². The van der Waals surface area contributed by atoms with E-state index in [4.69, 9.17) is 4.74 Å². The van der Waals surface area contributed by atoms with Gasteiger partial charge in [-0.15, -0.1) is 0 Å². The van der Waals surface area contributed by atoms with Crippen LogP contribution in [-0.2, 0) is 4.74 Å². The van der Waals surface area contributed by atoms with Crippen molar-refractivity contribution in [3.05, 3.63) is 36.0 Å². The van der Waals surface area contributed by atoms with Gasteiger partial charge in [0, 0.05) is 43.0 Å². The van der Waals surface area contributed by atoms with Crippen LogP contribution in [0, 0.1) is 17.6 Å². The lowest BCUT2D eigenvalue weighted by Gasteiger charge is -2.34. The van der Waals surface area contributed by atoms with Gasteiger partial charge in [0.1, 0.15) is 11.3 Å². The number of hydrogen-bond donors (Lipinski definition) is 0. The first kappa shape index (κ1) is 15.2. The largest absolute Gasteiger partial charge is 0.381 e. The van der Waals surface area contributed by atoms with Gasteiger partial charge in [0.15, 0.2) is 5.82 Å². The van der Waals surface area contributed by atoms with Gasteiger partial charge in [-0.2, -0.15) is 0 Å². The summed E-state index contributed by atoms with van der Waals surface area (Å²) in [6, 6.07) is 4.09. The number of halogens is 2. The molecule has 22 heavy (non-hydrogen) atoms. The van der Waals surface area contributed by atoms with E-state index in [1.165, 1.54) is 6.07 Å². The van der Waals surface area contributed by atoms with E-state index in [0.717, 1.165) is 44.3 Å². The Bertz CT molecular complexity index is 662. The summed E-state index contributed by atoms with van der Waals surface area (Å²) in [6.07, 6.45) is 3.77. The monoisotopic (exact) mass is 306 g/mol. The first-order chi connectivity index (χ1) is 10.7. The minimum atomic E-state index is -0.611. The Balaban J connectivity index is 1.92. The van der Waals surface area contributed by atoms with E-state index in [-0.39, 0.29) is 5.52 Å². The molecule has 0 N–H and O–H groups in total. The molecule has 1 aliphatic rings. The summed E-state index contributed by atoms with van der Waals surface area (Å²) in [5.41, 5.74) is 1.08. The summed E-state index contributed by atoms with van der Waals surface area (Å²) in [5.74, 6) is -0.725. The number of hydrogen-bond acceptors (Lipinski definition) is 3. The van der Waals surface area contributed by atoms with Gasteiger partial charge < -0.3 is 9.64 Å². The fraction of sp³-hybridized carbons (Fsp3) is 0.471. The second kappa shape index (κ2) is 6.57. The molecular formula is C17H20F2N2O. The van der Waals surface area contributed by atoms with Crippen LogP contribution >= 0.6 is 0 Å². The molecular weight excluding hydrogens is 286 g/mol. The van der Waals surface area contributed by atoms with Crippen molar-refractivity contribution < 1.29 is 13.5 Å². The van der Waals surface area contributed by atoms with Gasteiger partial charge in [0.05, 0.1) is 6.61 Å². The summed E-state index contributed by atoms with van der Waals surface area (Å²) in [6.45, 7) is 5.17. The highest BCUT2D eigenvalue weighted by atomic mass is 19.1. The number of piperidine rings is 1. The molecule has 1 saturated heterocycles. The molecule has 5 heteroatoms. The molecule has 118 valence electrons. The van der Waals surface area contributed by atoms with E-state index < -0.39 is 11.6 Å². The molecule has 1 aliphatic heterocycles. The van der Waals surface area contributed by atoms with E-state index in [1.807, 2.05) is 13.0 Å². The first-order valence-corrected chi connectivity index (χ1v) is 7.75. The third-order valence-corrected chi connectivity index (χ3v) is 4.16. The van der Waals surface area contributed by atoms with E-state index in [9.17, 15) is 8.78 Å². The first-order valence-electron chi connectivity index (χ1n) is 7.75. The van der Waals surface area contributed by atoms with Crippen LogP contribution in [0.2, 0.25) is 0 Å². The maximum atomic E-state index is 13.9. The molecule has 1 fully saturated rings. The maximum Gasteiger partial charge on any atom is 0.152 e. The Kier molecular flexibility index (Phi) is 4.52. The number of nitrogens with zero attached hydrogens (tertiary/aromatic N) is 2. The highest BCUT2D eigenvalue weighted by Crippen LogP contribution is 2.31. The summed E-state index contributed by atoms with van der Waals surface area (Å²) in [5, 5.41) is 0.539. The van der Waals surface area contributed by atoms with Crippen LogP contribution in [-0.4, -0.2) is 31.3 Å². The van der Waals surface area contributed by atoms with Gasteiger partial charge in [0.2, 0.25) is 0 Å². The second-order valence-electron chi connectivity index (χ2n) is 5.73. The summed E-state index contributed by atoms with van der Waals surface area (Å²) in [7, 11) is 0. The molecule has 0 radical (unpaired) electrons.